The molecule has 8 nitrogen and oxygen atoms in total. The maximum atomic E-state index is 12.6. The van der Waals surface area contributed by atoms with Crippen LogP contribution in [0, 0.1) is 0 Å². The van der Waals surface area contributed by atoms with Crippen LogP contribution in [-0.2, 0) is 19.6 Å². The van der Waals surface area contributed by atoms with Gasteiger partial charge in [-0.2, -0.15) is 4.31 Å². The molecule has 0 saturated carbocycles. The summed E-state index contributed by atoms with van der Waals surface area (Å²) in [6.07, 6.45) is 3.04. The van der Waals surface area contributed by atoms with Gasteiger partial charge >= 0.3 is 0 Å². The predicted molar refractivity (Wildman–Crippen MR) is 95.8 cm³/mol. The molecule has 0 bridgehead atoms. The lowest BCUT2D eigenvalue weighted by molar-refractivity contribution is -0.121. The molecule has 1 saturated heterocycles. The molecule has 26 heavy (non-hydrogen) atoms. The Labute approximate surface area is 153 Å². The van der Waals surface area contributed by atoms with Gasteiger partial charge in [0.25, 0.3) is 5.91 Å². The van der Waals surface area contributed by atoms with Crippen molar-refractivity contribution >= 4 is 21.8 Å². The Bertz CT molecular complexity index is 730. The molecule has 144 valence electrons. The summed E-state index contributed by atoms with van der Waals surface area (Å²) in [5.74, 6) is -0.836. The molecule has 0 aromatic heterocycles. The quantitative estimate of drug-likeness (QED) is 0.541. The SMILES string of the molecule is CCCCCC(=O)NNC(=O)c1cccc(S(=O)(=O)N2CCOCC2)c1. The zero-order chi connectivity index (χ0) is 19.0. The number of nitrogens with zero attached hydrogens (tertiary/aromatic N) is 1. The van der Waals surface area contributed by atoms with Crippen LogP contribution in [0.4, 0.5) is 0 Å². The van der Waals surface area contributed by atoms with Gasteiger partial charge in [0.2, 0.25) is 15.9 Å². The number of sulfonamides is 1. The number of carbonyl (C=O) groups is 2. The normalized spacial score (nSPS) is 15.4. The fourth-order valence-electron chi connectivity index (χ4n) is 2.53. The Morgan fingerprint density at radius 3 is 2.58 bits per heavy atom. The lowest BCUT2D eigenvalue weighted by Gasteiger charge is -2.26. The van der Waals surface area contributed by atoms with E-state index in [2.05, 4.69) is 10.9 Å². The Hall–Kier alpha value is -1.97. The van der Waals surface area contributed by atoms with Crippen LogP contribution in [0.15, 0.2) is 29.2 Å². The van der Waals surface area contributed by atoms with Crippen molar-refractivity contribution in [1.82, 2.24) is 15.2 Å². The van der Waals surface area contributed by atoms with Gasteiger partial charge in [0.05, 0.1) is 18.1 Å². The third kappa shape index (κ3) is 5.52. The summed E-state index contributed by atoms with van der Waals surface area (Å²) in [6, 6.07) is 5.76. The molecule has 1 aromatic rings. The van der Waals surface area contributed by atoms with E-state index in [0.29, 0.717) is 19.6 Å². The first-order chi connectivity index (χ1) is 12.4. The largest absolute Gasteiger partial charge is 0.379 e. The maximum absolute atomic E-state index is 12.6. The summed E-state index contributed by atoms with van der Waals surface area (Å²) in [4.78, 5) is 23.9. The van der Waals surface area contributed by atoms with Gasteiger partial charge in [0, 0.05) is 25.1 Å². The molecular formula is C17H25N3O5S. The van der Waals surface area contributed by atoms with Crippen LogP contribution in [0.25, 0.3) is 0 Å². The average Bonchev–Trinajstić information content (AvgIpc) is 2.67. The number of morpholine rings is 1. The van der Waals surface area contributed by atoms with Crippen LogP contribution in [0.3, 0.4) is 0 Å². The monoisotopic (exact) mass is 383 g/mol. The highest BCUT2D eigenvalue weighted by molar-refractivity contribution is 7.89. The molecule has 1 aliphatic rings. The van der Waals surface area contributed by atoms with Crippen LogP contribution in [0.2, 0.25) is 0 Å². The van der Waals surface area contributed by atoms with E-state index < -0.39 is 15.9 Å². The molecule has 0 atom stereocenters. The number of nitrogens with one attached hydrogen (secondary N) is 2. The van der Waals surface area contributed by atoms with E-state index in [1.807, 2.05) is 6.92 Å². The highest BCUT2D eigenvalue weighted by Crippen LogP contribution is 2.18. The second-order valence-corrected chi connectivity index (χ2v) is 7.94. The third-order valence-electron chi connectivity index (χ3n) is 4.03. The summed E-state index contributed by atoms with van der Waals surface area (Å²) in [5.41, 5.74) is 4.82. The molecule has 1 fully saturated rings. The Morgan fingerprint density at radius 2 is 1.88 bits per heavy atom. The smallest absolute Gasteiger partial charge is 0.269 e. The lowest BCUT2D eigenvalue weighted by Crippen LogP contribution is -2.42. The van der Waals surface area contributed by atoms with E-state index in [1.54, 1.807) is 0 Å². The van der Waals surface area contributed by atoms with Gasteiger partial charge in [-0.05, 0) is 24.6 Å². The minimum atomic E-state index is -3.68. The number of carbonyl (C=O) groups excluding carboxylic acids is 2. The van der Waals surface area contributed by atoms with E-state index in [-0.39, 0.29) is 29.5 Å². The van der Waals surface area contributed by atoms with Gasteiger partial charge in [-0.1, -0.05) is 25.8 Å². The van der Waals surface area contributed by atoms with Crippen molar-refractivity contribution in [3.05, 3.63) is 29.8 Å². The molecule has 0 radical (unpaired) electrons. The fourth-order valence-corrected chi connectivity index (χ4v) is 3.98. The van der Waals surface area contributed by atoms with Crippen LogP contribution >= 0.6 is 0 Å². The minimum absolute atomic E-state index is 0.0429. The first kappa shape index (κ1) is 20.3. The number of unbranched alkanes of at least 4 members (excludes halogenated alkanes) is 2. The standard InChI is InChI=1S/C17H25N3O5S/c1-2-3-4-8-16(21)18-19-17(22)14-6-5-7-15(13-14)26(23,24)20-9-11-25-12-10-20/h5-7,13H,2-4,8-12H2,1H3,(H,18,21)(H,19,22). The Balaban J connectivity index is 1.99. The van der Waals surface area contributed by atoms with Crippen LogP contribution in [-0.4, -0.2) is 50.8 Å². The van der Waals surface area contributed by atoms with E-state index in [0.717, 1.165) is 19.3 Å². The highest BCUT2D eigenvalue weighted by Gasteiger charge is 2.26. The van der Waals surface area contributed by atoms with E-state index in [9.17, 15) is 18.0 Å². The van der Waals surface area contributed by atoms with Crippen molar-refractivity contribution in [2.75, 3.05) is 26.3 Å². The van der Waals surface area contributed by atoms with Crippen molar-refractivity contribution in [2.24, 2.45) is 0 Å². The average molecular weight is 383 g/mol. The van der Waals surface area contributed by atoms with Gasteiger partial charge in [-0.15, -0.1) is 0 Å². The van der Waals surface area contributed by atoms with Gasteiger partial charge < -0.3 is 4.74 Å². The number of amides is 2. The predicted octanol–water partition coefficient (Wildman–Crippen LogP) is 1.05. The van der Waals surface area contributed by atoms with E-state index in [1.165, 1.54) is 28.6 Å². The van der Waals surface area contributed by atoms with Crippen molar-refractivity contribution in [3.8, 4) is 0 Å². The van der Waals surface area contributed by atoms with Crippen LogP contribution < -0.4 is 10.9 Å². The second-order valence-electron chi connectivity index (χ2n) is 6.00. The molecule has 1 aromatic carbocycles. The zero-order valence-electron chi connectivity index (χ0n) is 14.9. The topological polar surface area (TPSA) is 105 Å². The van der Waals surface area contributed by atoms with Crippen molar-refractivity contribution in [3.63, 3.8) is 0 Å². The lowest BCUT2D eigenvalue weighted by atomic mass is 10.2. The Morgan fingerprint density at radius 1 is 1.15 bits per heavy atom. The van der Waals surface area contributed by atoms with Gasteiger partial charge in [0.15, 0.2) is 0 Å². The number of benzene rings is 1. The van der Waals surface area contributed by atoms with E-state index in [4.69, 9.17) is 4.74 Å². The number of hydrazine groups is 1. The zero-order valence-corrected chi connectivity index (χ0v) is 15.7. The minimum Gasteiger partial charge on any atom is -0.379 e. The highest BCUT2D eigenvalue weighted by atomic mass is 32.2. The summed E-state index contributed by atoms with van der Waals surface area (Å²) in [6.45, 7) is 3.31. The first-order valence-corrected chi connectivity index (χ1v) is 10.2. The summed E-state index contributed by atoms with van der Waals surface area (Å²) in [7, 11) is -3.68. The molecule has 2 rings (SSSR count). The van der Waals surface area contributed by atoms with Gasteiger partial charge in [-0.25, -0.2) is 8.42 Å². The molecule has 2 amide bonds. The summed E-state index contributed by atoms with van der Waals surface area (Å²) in [5, 5.41) is 0. The van der Waals surface area contributed by atoms with Crippen molar-refractivity contribution in [2.45, 2.75) is 37.5 Å². The van der Waals surface area contributed by atoms with Crippen LogP contribution in [0.5, 0.6) is 0 Å². The van der Waals surface area contributed by atoms with Crippen molar-refractivity contribution in [1.29, 1.82) is 0 Å². The molecular weight excluding hydrogens is 358 g/mol. The van der Waals surface area contributed by atoms with Crippen LogP contribution in [0.1, 0.15) is 43.0 Å². The molecule has 1 heterocycles. The molecule has 9 heteroatoms. The number of hydrogen-bond acceptors (Lipinski definition) is 5. The number of ether oxygens (including phenoxy) is 1. The Kier molecular flexibility index (Phi) is 7.55. The van der Waals surface area contributed by atoms with Gasteiger partial charge in [-0.3, -0.25) is 20.4 Å². The van der Waals surface area contributed by atoms with Crippen molar-refractivity contribution < 1.29 is 22.7 Å². The molecule has 0 aliphatic carbocycles. The molecule has 1 aliphatic heterocycles. The van der Waals surface area contributed by atoms with E-state index >= 15 is 0 Å². The molecule has 0 unspecified atom stereocenters. The second kappa shape index (κ2) is 9.65. The molecule has 2 N–H and O–H groups in total. The number of hydrogen-bond donors (Lipinski definition) is 2. The summed E-state index contributed by atoms with van der Waals surface area (Å²) < 4.78 is 31.8. The number of rotatable bonds is 7. The van der Waals surface area contributed by atoms with Gasteiger partial charge in [0.1, 0.15) is 0 Å². The summed E-state index contributed by atoms with van der Waals surface area (Å²) >= 11 is 0. The first-order valence-electron chi connectivity index (χ1n) is 8.72. The molecule has 0 spiro atoms. The third-order valence-corrected chi connectivity index (χ3v) is 5.92. The maximum Gasteiger partial charge on any atom is 0.269 e. The fraction of sp³-hybridized carbons (Fsp3) is 0.529.